The molecule has 0 aromatic heterocycles. The van der Waals surface area contributed by atoms with Gasteiger partial charge in [0.25, 0.3) is 0 Å². The predicted molar refractivity (Wildman–Crippen MR) is 176 cm³/mol. The molecule has 0 amide bonds. The van der Waals surface area contributed by atoms with Crippen molar-refractivity contribution in [1.82, 2.24) is 0 Å². The Balaban J connectivity index is 0.000000157. The van der Waals surface area contributed by atoms with Crippen molar-refractivity contribution in [2.75, 3.05) is 26.4 Å². The molecule has 10 nitrogen and oxygen atoms in total. The summed E-state index contributed by atoms with van der Waals surface area (Å²) in [6, 6.07) is 36.6. The van der Waals surface area contributed by atoms with Crippen LogP contribution < -0.4 is 18.9 Å². The number of hydrogen-bond donors (Lipinski definition) is 0. The van der Waals surface area contributed by atoms with Crippen LogP contribution in [0.3, 0.4) is 0 Å². The van der Waals surface area contributed by atoms with Crippen LogP contribution in [0.15, 0.2) is 97.1 Å². The van der Waals surface area contributed by atoms with Crippen LogP contribution in [0.4, 0.5) is 0 Å². The molecule has 4 aliphatic rings. The van der Waals surface area contributed by atoms with Crippen molar-refractivity contribution >= 4 is 11.6 Å². The summed E-state index contributed by atoms with van der Waals surface area (Å²) in [6.45, 7) is 1.89. The van der Waals surface area contributed by atoms with Crippen LogP contribution in [-0.2, 0) is 0 Å². The number of rotatable bonds is 6. The van der Waals surface area contributed by atoms with Crippen molar-refractivity contribution in [3.05, 3.63) is 119 Å². The lowest BCUT2D eigenvalue weighted by Gasteiger charge is -2.18. The first-order valence-electron chi connectivity index (χ1n) is 16.0. The Labute approximate surface area is 288 Å². The van der Waals surface area contributed by atoms with Crippen LogP contribution >= 0.6 is 0 Å². The van der Waals surface area contributed by atoms with Gasteiger partial charge in [-0.15, -0.1) is 0 Å². The van der Waals surface area contributed by atoms with E-state index in [0.29, 0.717) is 60.6 Å². The highest BCUT2D eigenvalue weighted by Gasteiger charge is 2.71. The zero-order chi connectivity index (χ0) is 34.9. The molecule has 2 aliphatic heterocycles. The summed E-state index contributed by atoms with van der Waals surface area (Å²) in [5.41, 5.74) is -0.138. The summed E-state index contributed by atoms with van der Waals surface area (Å²) in [7, 11) is 0. The van der Waals surface area contributed by atoms with Gasteiger partial charge in [0, 0.05) is 23.0 Å². The summed E-state index contributed by atoms with van der Waals surface area (Å²) in [6.07, 6.45) is 0. The molecule has 0 radical (unpaired) electrons. The standard InChI is InChI=1S/2C20H14N2O3/c2*21-11-20(12-22)17(18(20)19(23)13-4-2-1-3-5-13)14-6-7-15-16(10-14)25-9-8-24-15/h2*1-7,10,17-18H,8-9H2/t2*17-,18+/m00/s1. The summed E-state index contributed by atoms with van der Waals surface area (Å²) < 4.78 is 22.2. The number of ether oxygens (including phenoxy) is 4. The summed E-state index contributed by atoms with van der Waals surface area (Å²) in [5.74, 6) is -0.177. The second-order valence-corrected chi connectivity index (χ2v) is 12.4. The number of fused-ring (bicyclic) bond motifs is 2. The lowest BCUT2D eigenvalue weighted by molar-refractivity contribution is 0.0950. The van der Waals surface area contributed by atoms with Crippen molar-refractivity contribution < 1.29 is 28.5 Å². The molecular weight excluding hydrogens is 632 g/mol. The SMILES string of the molecule is N#CC1(C#N)[C@@H](C(=O)c2ccccc2)[C@@H]1c1ccc2c(c1)OCCO2.N#CC1(C#N)[C@@H](C(=O)c2ccccc2)[C@@H]1c1ccc2c(c1)OCCO2. The fourth-order valence-electron chi connectivity index (χ4n) is 7.08. The number of benzene rings is 4. The molecule has 4 aromatic rings. The second kappa shape index (κ2) is 12.8. The lowest BCUT2D eigenvalue weighted by Crippen LogP contribution is -2.15. The molecule has 0 N–H and O–H groups in total. The van der Waals surface area contributed by atoms with Gasteiger partial charge in [0.15, 0.2) is 45.4 Å². The molecule has 4 atom stereocenters. The third-order valence-electron chi connectivity index (χ3n) is 9.68. The van der Waals surface area contributed by atoms with Gasteiger partial charge in [-0.3, -0.25) is 9.59 Å². The third-order valence-corrected chi connectivity index (χ3v) is 9.68. The number of Topliss-reactive ketones (excluding diaryl/α,β-unsaturated/α-hetero) is 2. The maximum atomic E-state index is 12.9. The number of nitrogens with zero attached hydrogens (tertiary/aromatic N) is 4. The molecule has 2 fully saturated rings. The van der Waals surface area contributed by atoms with Crippen LogP contribution in [0.2, 0.25) is 0 Å². The monoisotopic (exact) mass is 660 g/mol. The normalized spacial score (nSPS) is 22.3. The molecule has 10 heteroatoms. The summed E-state index contributed by atoms with van der Waals surface area (Å²) in [4.78, 5) is 25.7. The van der Waals surface area contributed by atoms with E-state index in [0.717, 1.165) is 11.1 Å². The minimum atomic E-state index is -1.34. The quantitative estimate of drug-likeness (QED) is 0.218. The average Bonchev–Trinajstić information content (AvgIpc) is 4.08. The van der Waals surface area contributed by atoms with Gasteiger partial charge in [-0.05, 0) is 35.4 Å². The van der Waals surface area contributed by atoms with Gasteiger partial charge >= 0.3 is 0 Å². The fourth-order valence-corrected chi connectivity index (χ4v) is 7.08. The Kier molecular flexibility index (Phi) is 8.16. The van der Waals surface area contributed by atoms with E-state index in [-0.39, 0.29) is 11.6 Å². The Bertz CT molecular complexity index is 1980. The highest BCUT2D eigenvalue weighted by atomic mass is 16.6. The Hall–Kier alpha value is -6.62. The second-order valence-electron chi connectivity index (χ2n) is 12.4. The van der Waals surface area contributed by atoms with Crippen LogP contribution in [0.25, 0.3) is 0 Å². The van der Waals surface area contributed by atoms with Crippen molar-refractivity contribution in [1.29, 1.82) is 21.0 Å². The minimum absolute atomic E-state index is 0.177. The largest absolute Gasteiger partial charge is 0.486 e. The van der Waals surface area contributed by atoms with E-state index in [2.05, 4.69) is 24.3 Å². The number of hydrogen-bond acceptors (Lipinski definition) is 10. The van der Waals surface area contributed by atoms with Crippen LogP contribution in [0.1, 0.15) is 43.7 Å². The molecule has 0 saturated heterocycles. The summed E-state index contributed by atoms with van der Waals surface area (Å²) in [5, 5.41) is 38.4. The van der Waals surface area contributed by atoms with Crippen LogP contribution in [-0.4, -0.2) is 38.0 Å². The molecule has 244 valence electrons. The topological polar surface area (TPSA) is 166 Å². The van der Waals surface area contributed by atoms with E-state index in [1.807, 2.05) is 12.1 Å². The van der Waals surface area contributed by atoms with Gasteiger partial charge in [-0.1, -0.05) is 72.8 Å². The Morgan fingerprint density at radius 3 is 1.18 bits per heavy atom. The number of ketones is 2. The van der Waals surface area contributed by atoms with Gasteiger partial charge in [-0.2, -0.15) is 21.0 Å². The fraction of sp³-hybridized carbons (Fsp3) is 0.250. The zero-order valence-electron chi connectivity index (χ0n) is 26.6. The lowest BCUT2D eigenvalue weighted by atomic mass is 10.0. The molecule has 0 spiro atoms. The van der Waals surface area contributed by atoms with Gasteiger partial charge in [0.2, 0.25) is 0 Å². The zero-order valence-corrected chi connectivity index (χ0v) is 26.6. The smallest absolute Gasteiger partial charge is 0.169 e. The molecule has 4 aromatic carbocycles. The van der Waals surface area contributed by atoms with E-state index >= 15 is 0 Å². The molecule has 8 rings (SSSR count). The van der Waals surface area contributed by atoms with E-state index in [9.17, 15) is 30.6 Å². The maximum Gasteiger partial charge on any atom is 0.169 e. The van der Waals surface area contributed by atoms with E-state index in [1.54, 1.807) is 84.9 Å². The highest BCUT2D eigenvalue weighted by molar-refractivity contribution is 6.03. The highest BCUT2D eigenvalue weighted by Crippen LogP contribution is 2.66. The van der Waals surface area contributed by atoms with E-state index < -0.39 is 34.5 Å². The predicted octanol–water partition coefficient (Wildman–Crippen LogP) is 6.18. The Morgan fingerprint density at radius 2 is 0.840 bits per heavy atom. The first kappa shape index (κ1) is 32.0. The number of carbonyl (C=O) groups excluding carboxylic acids is 2. The van der Waals surface area contributed by atoms with Gasteiger partial charge in [-0.25, -0.2) is 0 Å². The van der Waals surface area contributed by atoms with Crippen LogP contribution in [0.5, 0.6) is 23.0 Å². The van der Waals surface area contributed by atoms with Crippen molar-refractivity contribution in [3.63, 3.8) is 0 Å². The third kappa shape index (κ3) is 5.25. The van der Waals surface area contributed by atoms with Gasteiger partial charge < -0.3 is 18.9 Å². The Morgan fingerprint density at radius 1 is 0.500 bits per heavy atom. The van der Waals surface area contributed by atoms with Crippen molar-refractivity contribution in [3.8, 4) is 47.3 Å². The maximum absolute atomic E-state index is 12.9. The molecule has 0 bridgehead atoms. The van der Waals surface area contributed by atoms with Crippen LogP contribution in [0, 0.1) is 68.0 Å². The first-order chi connectivity index (χ1) is 24.4. The molecule has 2 aliphatic carbocycles. The van der Waals surface area contributed by atoms with E-state index in [1.165, 1.54) is 0 Å². The van der Waals surface area contributed by atoms with Gasteiger partial charge in [0.1, 0.15) is 26.4 Å². The molecular formula is C40H28N4O6. The van der Waals surface area contributed by atoms with Gasteiger partial charge in [0.05, 0.1) is 36.1 Å². The molecule has 50 heavy (non-hydrogen) atoms. The van der Waals surface area contributed by atoms with Crippen molar-refractivity contribution in [2.45, 2.75) is 11.8 Å². The first-order valence-corrected chi connectivity index (χ1v) is 16.0. The molecule has 2 heterocycles. The molecule has 2 saturated carbocycles. The summed E-state index contributed by atoms with van der Waals surface area (Å²) >= 11 is 0. The number of carbonyl (C=O) groups is 2. The number of nitriles is 4. The molecule has 0 unspecified atom stereocenters. The average molecular weight is 661 g/mol. The van der Waals surface area contributed by atoms with Crippen molar-refractivity contribution in [2.24, 2.45) is 22.7 Å². The minimum Gasteiger partial charge on any atom is -0.486 e. The van der Waals surface area contributed by atoms with E-state index in [4.69, 9.17) is 18.9 Å².